The number of nitrogens with two attached hydrogens (primary N) is 1. The first-order valence-electron chi connectivity index (χ1n) is 5.22. The van der Waals surface area contributed by atoms with Gasteiger partial charge in [0.05, 0.1) is 0 Å². The van der Waals surface area contributed by atoms with Crippen molar-refractivity contribution >= 4 is 5.91 Å². The molecule has 1 aromatic heterocycles. The molecule has 1 aliphatic carbocycles. The minimum Gasteiger partial charge on any atom is -0.349 e. The van der Waals surface area contributed by atoms with Crippen LogP contribution in [0.2, 0.25) is 0 Å². The lowest BCUT2D eigenvalue weighted by atomic mass is 10.2. The van der Waals surface area contributed by atoms with E-state index in [0.717, 1.165) is 5.69 Å². The molecule has 0 aliphatic heterocycles. The van der Waals surface area contributed by atoms with Crippen LogP contribution in [0.3, 0.4) is 0 Å². The molecule has 0 saturated heterocycles. The Labute approximate surface area is 88.4 Å². The minimum atomic E-state index is -0.157. The molecule has 1 atom stereocenters. The van der Waals surface area contributed by atoms with Crippen molar-refractivity contribution in [2.75, 3.05) is 6.54 Å². The molecule has 0 bridgehead atoms. The third-order valence-electron chi connectivity index (χ3n) is 2.66. The highest BCUT2D eigenvalue weighted by Gasteiger charge is 2.28. The summed E-state index contributed by atoms with van der Waals surface area (Å²) in [7, 11) is 0. The molecule has 1 aromatic rings. The molecule has 0 aromatic carbocycles. The smallest absolute Gasteiger partial charge is 0.271 e. The molecule has 1 saturated carbocycles. The molecular weight excluding hydrogens is 192 g/mol. The molecule has 1 fully saturated rings. The Morgan fingerprint density at radius 2 is 2.53 bits per heavy atom. The summed E-state index contributed by atoms with van der Waals surface area (Å²) in [4.78, 5) is 11.6. The van der Waals surface area contributed by atoms with Crippen molar-refractivity contribution in [3.05, 3.63) is 17.5 Å². The van der Waals surface area contributed by atoms with Gasteiger partial charge in [0.2, 0.25) is 0 Å². The van der Waals surface area contributed by atoms with Crippen LogP contribution in [0.5, 0.6) is 0 Å². The normalized spacial score (nSPS) is 17.5. The minimum absolute atomic E-state index is 0.0917. The number of aryl methyl sites for hydroxylation is 1. The van der Waals surface area contributed by atoms with Gasteiger partial charge < -0.3 is 11.1 Å². The number of carbonyl (C=O) groups is 1. The fraction of sp³-hybridized carbons (Fsp3) is 0.600. The second-order valence-corrected chi connectivity index (χ2v) is 4.15. The average molecular weight is 208 g/mol. The second-order valence-electron chi connectivity index (χ2n) is 4.15. The van der Waals surface area contributed by atoms with Gasteiger partial charge in [-0.2, -0.15) is 5.10 Å². The third kappa shape index (κ3) is 2.56. The van der Waals surface area contributed by atoms with Crippen molar-refractivity contribution in [1.29, 1.82) is 0 Å². The van der Waals surface area contributed by atoms with Gasteiger partial charge in [0.25, 0.3) is 5.91 Å². The third-order valence-corrected chi connectivity index (χ3v) is 2.66. The molecule has 5 heteroatoms. The topological polar surface area (TPSA) is 83.8 Å². The van der Waals surface area contributed by atoms with Crippen molar-refractivity contribution in [1.82, 2.24) is 15.5 Å². The lowest BCUT2D eigenvalue weighted by Crippen LogP contribution is -2.38. The van der Waals surface area contributed by atoms with Crippen LogP contribution in [0.4, 0.5) is 0 Å². The van der Waals surface area contributed by atoms with Gasteiger partial charge in [-0.15, -0.1) is 0 Å². The Balaban J connectivity index is 1.81. The Kier molecular flexibility index (Phi) is 2.73. The average Bonchev–Trinajstić information content (AvgIpc) is 2.97. The zero-order valence-electron chi connectivity index (χ0n) is 8.79. The van der Waals surface area contributed by atoms with Crippen LogP contribution in [0.25, 0.3) is 0 Å². The molecule has 1 amide bonds. The number of nitrogens with zero attached hydrogens (tertiary/aromatic N) is 1. The first kappa shape index (κ1) is 10.2. The lowest BCUT2D eigenvalue weighted by molar-refractivity contribution is 0.0945. The summed E-state index contributed by atoms with van der Waals surface area (Å²) in [5, 5.41) is 9.39. The second kappa shape index (κ2) is 4.02. The van der Waals surface area contributed by atoms with Gasteiger partial charge in [0, 0.05) is 18.3 Å². The number of rotatable bonds is 4. The molecule has 4 N–H and O–H groups in total. The van der Waals surface area contributed by atoms with E-state index in [9.17, 15) is 4.79 Å². The van der Waals surface area contributed by atoms with Gasteiger partial charge in [-0.05, 0) is 31.7 Å². The number of aromatic nitrogens is 2. The maximum Gasteiger partial charge on any atom is 0.271 e. The van der Waals surface area contributed by atoms with Gasteiger partial charge in [-0.25, -0.2) is 0 Å². The summed E-state index contributed by atoms with van der Waals surface area (Å²) in [5.41, 5.74) is 7.18. The lowest BCUT2D eigenvalue weighted by Gasteiger charge is -2.10. The van der Waals surface area contributed by atoms with E-state index in [1.54, 1.807) is 6.07 Å². The number of H-pyrrole nitrogens is 1. The number of hydrogen-bond donors (Lipinski definition) is 3. The zero-order chi connectivity index (χ0) is 10.8. The summed E-state index contributed by atoms with van der Waals surface area (Å²) in [6, 6.07) is 1.81. The van der Waals surface area contributed by atoms with E-state index in [1.165, 1.54) is 12.8 Å². The predicted molar refractivity (Wildman–Crippen MR) is 56.4 cm³/mol. The molecule has 1 heterocycles. The van der Waals surface area contributed by atoms with E-state index in [2.05, 4.69) is 15.5 Å². The van der Waals surface area contributed by atoms with E-state index in [4.69, 9.17) is 5.73 Å². The Hall–Kier alpha value is -1.36. The van der Waals surface area contributed by atoms with Crippen LogP contribution in [0.15, 0.2) is 6.07 Å². The molecule has 1 unspecified atom stereocenters. The number of amides is 1. The van der Waals surface area contributed by atoms with Crippen molar-refractivity contribution in [2.45, 2.75) is 25.8 Å². The van der Waals surface area contributed by atoms with Crippen molar-refractivity contribution in [3.8, 4) is 0 Å². The van der Waals surface area contributed by atoms with Crippen LogP contribution in [0, 0.1) is 12.8 Å². The van der Waals surface area contributed by atoms with Gasteiger partial charge in [0.15, 0.2) is 0 Å². The molecule has 82 valence electrons. The standard InChI is InChI=1S/C10H16N4O/c1-6-4-9(14-13-6)10(15)12-5-8(11)7-2-3-7/h4,7-8H,2-3,5,11H2,1H3,(H,12,15)(H,13,14). The van der Waals surface area contributed by atoms with E-state index in [-0.39, 0.29) is 11.9 Å². The largest absolute Gasteiger partial charge is 0.349 e. The number of nitrogens with one attached hydrogen (secondary N) is 2. The SMILES string of the molecule is Cc1cc(C(=O)NCC(N)C2CC2)n[nH]1. The van der Waals surface area contributed by atoms with Crippen LogP contribution >= 0.6 is 0 Å². The number of aromatic amines is 1. The van der Waals surface area contributed by atoms with E-state index < -0.39 is 0 Å². The maximum atomic E-state index is 11.6. The highest BCUT2D eigenvalue weighted by atomic mass is 16.1. The molecule has 5 nitrogen and oxygen atoms in total. The van der Waals surface area contributed by atoms with Gasteiger partial charge in [0.1, 0.15) is 5.69 Å². The van der Waals surface area contributed by atoms with Crippen molar-refractivity contribution < 1.29 is 4.79 Å². The first-order valence-corrected chi connectivity index (χ1v) is 5.22. The molecular formula is C10H16N4O. The summed E-state index contributed by atoms with van der Waals surface area (Å²) in [6.07, 6.45) is 2.39. The Morgan fingerprint density at radius 3 is 3.07 bits per heavy atom. The Morgan fingerprint density at radius 1 is 1.80 bits per heavy atom. The fourth-order valence-corrected chi connectivity index (χ4v) is 1.53. The summed E-state index contributed by atoms with van der Waals surface area (Å²) < 4.78 is 0. The van der Waals surface area contributed by atoms with Crippen molar-refractivity contribution in [3.63, 3.8) is 0 Å². The monoisotopic (exact) mass is 208 g/mol. The summed E-state index contributed by atoms with van der Waals surface area (Å²) in [5.74, 6) is 0.446. The summed E-state index contributed by atoms with van der Waals surface area (Å²) >= 11 is 0. The predicted octanol–water partition coefficient (Wildman–Crippen LogP) is 0.185. The number of carbonyl (C=O) groups excluding carboxylic acids is 1. The first-order chi connectivity index (χ1) is 7.16. The molecule has 0 spiro atoms. The van der Waals surface area contributed by atoms with Crippen LogP contribution in [-0.2, 0) is 0 Å². The molecule has 0 radical (unpaired) electrons. The van der Waals surface area contributed by atoms with Gasteiger partial charge in [-0.1, -0.05) is 0 Å². The van der Waals surface area contributed by atoms with E-state index >= 15 is 0 Å². The van der Waals surface area contributed by atoms with Gasteiger partial charge in [-0.3, -0.25) is 9.89 Å². The fourth-order valence-electron chi connectivity index (χ4n) is 1.53. The van der Waals surface area contributed by atoms with Crippen LogP contribution in [0.1, 0.15) is 29.0 Å². The highest BCUT2D eigenvalue weighted by Crippen LogP contribution is 2.31. The zero-order valence-corrected chi connectivity index (χ0v) is 8.79. The maximum absolute atomic E-state index is 11.6. The Bertz CT molecular complexity index is 356. The van der Waals surface area contributed by atoms with Gasteiger partial charge >= 0.3 is 0 Å². The quantitative estimate of drug-likeness (QED) is 0.660. The summed E-state index contributed by atoms with van der Waals surface area (Å²) in [6.45, 7) is 2.40. The van der Waals surface area contributed by atoms with Crippen LogP contribution in [-0.4, -0.2) is 28.7 Å². The molecule has 15 heavy (non-hydrogen) atoms. The molecule has 2 rings (SSSR count). The van der Waals surface area contributed by atoms with E-state index in [0.29, 0.717) is 18.2 Å². The molecule has 1 aliphatic rings. The number of hydrogen-bond acceptors (Lipinski definition) is 3. The van der Waals surface area contributed by atoms with Crippen molar-refractivity contribution in [2.24, 2.45) is 11.7 Å². The van der Waals surface area contributed by atoms with E-state index in [1.807, 2.05) is 6.92 Å². The highest BCUT2D eigenvalue weighted by molar-refractivity contribution is 5.92. The van der Waals surface area contributed by atoms with Crippen LogP contribution < -0.4 is 11.1 Å².